The van der Waals surface area contributed by atoms with Crippen LogP contribution < -0.4 is 5.32 Å². The largest absolute Gasteiger partial charge is 0.381 e. The van der Waals surface area contributed by atoms with Crippen LogP contribution in [-0.4, -0.2) is 62.5 Å². The number of ether oxygens (including phenoxy) is 2. The van der Waals surface area contributed by atoms with Gasteiger partial charge in [0.2, 0.25) is 0 Å². The molecule has 4 heteroatoms. The van der Waals surface area contributed by atoms with Crippen molar-refractivity contribution in [2.75, 3.05) is 46.1 Å². The maximum absolute atomic E-state index is 5.65. The molecule has 0 atom stereocenters. The van der Waals surface area contributed by atoms with Gasteiger partial charge in [-0.05, 0) is 32.1 Å². The summed E-state index contributed by atoms with van der Waals surface area (Å²) in [6, 6.07) is 0.549. The second kappa shape index (κ2) is 6.73. The Labute approximate surface area is 124 Å². The van der Waals surface area contributed by atoms with Crippen molar-refractivity contribution in [3.63, 3.8) is 0 Å². The predicted molar refractivity (Wildman–Crippen MR) is 82.1 cm³/mol. The van der Waals surface area contributed by atoms with Gasteiger partial charge < -0.3 is 14.8 Å². The molecule has 20 heavy (non-hydrogen) atoms. The highest BCUT2D eigenvalue weighted by atomic mass is 16.5. The van der Waals surface area contributed by atoms with Crippen molar-refractivity contribution in [3.05, 3.63) is 0 Å². The highest BCUT2D eigenvalue weighted by Gasteiger charge is 2.39. The second-order valence-corrected chi connectivity index (χ2v) is 7.43. The lowest BCUT2D eigenvalue weighted by molar-refractivity contribution is -0.0849. The van der Waals surface area contributed by atoms with Gasteiger partial charge in [0.05, 0.1) is 13.2 Å². The van der Waals surface area contributed by atoms with E-state index in [1.54, 1.807) is 0 Å². The zero-order valence-electron chi connectivity index (χ0n) is 13.7. The van der Waals surface area contributed by atoms with Gasteiger partial charge in [-0.25, -0.2) is 0 Å². The van der Waals surface area contributed by atoms with E-state index in [2.05, 4.69) is 37.9 Å². The van der Waals surface area contributed by atoms with Crippen LogP contribution in [0.15, 0.2) is 0 Å². The first-order valence-electron chi connectivity index (χ1n) is 8.08. The van der Waals surface area contributed by atoms with Crippen LogP contribution >= 0.6 is 0 Å². The number of morpholine rings is 1. The monoisotopic (exact) mass is 284 g/mol. The predicted octanol–water partition coefficient (Wildman–Crippen LogP) is 1.89. The molecule has 0 bridgehead atoms. The highest BCUT2D eigenvalue weighted by Crippen LogP contribution is 2.34. The molecule has 0 spiro atoms. The summed E-state index contributed by atoms with van der Waals surface area (Å²) in [6.45, 7) is 15.9. The van der Waals surface area contributed by atoms with Gasteiger partial charge in [0, 0.05) is 44.4 Å². The summed E-state index contributed by atoms with van der Waals surface area (Å²) in [7, 11) is 0. The number of nitrogens with zero attached hydrogens (tertiary/aromatic N) is 1. The standard InChI is InChI=1S/C16H32N2O2/c1-14(2)17-11-16(5-8-19-9-6-16)12-18-7-10-20-13-15(18,3)4/h14,17H,5-13H2,1-4H3. The van der Waals surface area contributed by atoms with Crippen LogP contribution in [0.4, 0.5) is 0 Å². The molecule has 2 fully saturated rings. The third-order valence-corrected chi connectivity index (χ3v) is 4.78. The fraction of sp³-hybridized carbons (Fsp3) is 1.00. The zero-order chi connectivity index (χ0) is 14.6. The zero-order valence-corrected chi connectivity index (χ0v) is 13.7. The molecule has 0 aromatic carbocycles. The van der Waals surface area contributed by atoms with Crippen LogP contribution in [0, 0.1) is 5.41 Å². The van der Waals surface area contributed by atoms with E-state index in [1.165, 1.54) is 12.8 Å². The van der Waals surface area contributed by atoms with Crippen molar-refractivity contribution in [1.29, 1.82) is 0 Å². The minimum atomic E-state index is 0.154. The third kappa shape index (κ3) is 4.17. The fourth-order valence-corrected chi connectivity index (χ4v) is 3.20. The molecule has 0 unspecified atom stereocenters. The maximum Gasteiger partial charge on any atom is 0.0645 e. The Morgan fingerprint density at radius 3 is 2.40 bits per heavy atom. The number of hydrogen-bond donors (Lipinski definition) is 1. The van der Waals surface area contributed by atoms with Gasteiger partial charge in [0.15, 0.2) is 0 Å². The first-order valence-corrected chi connectivity index (χ1v) is 8.08. The van der Waals surface area contributed by atoms with Gasteiger partial charge in [0.1, 0.15) is 0 Å². The fourth-order valence-electron chi connectivity index (χ4n) is 3.20. The van der Waals surface area contributed by atoms with E-state index in [9.17, 15) is 0 Å². The molecule has 0 saturated carbocycles. The lowest BCUT2D eigenvalue weighted by Crippen LogP contribution is -2.58. The van der Waals surface area contributed by atoms with E-state index in [-0.39, 0.29) is 5.54 Å². The van der Waals surface area contributed by atoms with Gasteiger partial charge in [0.25, 0.3) is 0 Å². The van der Waals surface area contributed by atoms with E-state index < -0.39 is 0 Å². The molecule has 2 aliphatic rings. The minimum Gasteiger partial charge on any atom is -0.381 e. The van der Waals surface area contributed by atoms with Gasteiger partial charge in [-0.1, -0.05) is 13.8 Å². The third-order valence-electron chi connectivity index (χ3n) is 4.78. The van der Waals surface area contributed by atoms with Crippen LogP contribution in [-0.2, 0) is 9.47 Å². The molecule has 0 aromatic rings. The Morgan fingerprint density at radius 1 is 1.10 bits per heavy atom. The number of nitrogens with one attached hydrogen (secondary N) is 1. The van der Waals surface area contributed by atoms with E-state index in [0.717, 1.165) is 46.1 Å². The van der Waals surface area contributed by atoms with Crippen LogP contribution in [0.3, 0.4) is 0 Å². The molecule has 1 N–H and O–H groups in total. The van der Waals surface area contributed by atoms with Crippen LogP contribution in [0.1, 0.15) is 40.5 Å². The molecule has 2 saturated heterocycles. The molecule has 4 nitrogen and oxygen atoms in total. The number of rotatable bonds is 5. The van der Waals surface area contributed by atoms with Crippen LogP contribution in [0.5, 0.6) is 0 Å². The molecule has 118 valence electrons. The van der Waals surface area contributed by atoms with E-state index >= 15 is 0 Å². The average Bonchev–Trinajstić information content (AvgIpc) is 2.40. The summed E-state index contributed by atoms with van der Waals surface area (Å²) in [6.07, 6.45) is 2.33. The Hall–Kier alpha value is -0.160. The summed E-state index contributed by atoms with van der Waals surface area (Å²) in [5.41, 5.74) is 0.512. The average molecular weight is 284 g/mol. The van der Waals surface area contributed by atoms with Crippen molar-refractivity contribution in [1.82, 2.24) is 10.2 Å². The quantitative estimate of drug-likeness (QED) is 0.836. The molecule has 0 radical (unpaired) electrons. The summed E-state index contributed by atoms with van der Waals surface area (Å²) in [5.74, 6) is 0. The van der Waals surface area contributed by atoms with E-state index in [0.29, 0.717) is 11.5 Å². The first kappa shape index (κ1) is 16.2. The second-order valence-electron chi connectivity index (χ2n) is 7.43. The highest BCUT2D eigenvalue weighted by molar-refractivity contribution is 4.93. The summed E-state index contributed by atoms with van der Waals surface area (Å²) >= 11 is 0. The van der Waals surface area contributed by atoms with Gasteiger partial charge >= 0.3 is 0 Å². The van der Waals surface area contributed by atoms with Gasteiger partial charge in [-0.2, -0.15) is 0 Å². The summed E-state index contributed by atoms with van der Waals surface area (Å²) in [5, 5.41) is 3.66. The Morgan fingerprint density at radius 2 is 1.80 bits per heavy atom. The number of hydrogen-bond acceptors (Lipinski definition) is 4. The topological polar surface area (TPSA) is 33.7 Å². The molecule has 2 aliphatic heterocycles. The Kier molecular flexibility index (Phi) is 5.46. The molecule has 0 aromatic heterocycles. The lowest BCUT2D eigenvalue weighted by atomic mass is 9.78. The molecular weight excluding hydrogens is 252 g/mol. The van der Waals surface area contributed by atoms with Crippen molar-refractivity contribution in [3.8, 4) is 0 Å². The Balaban J connectivity index is 2.02. The van der Waals surface area contributed by atoms with Crippen molar-refractivity contribution < 1.29 is 9.47 Å². The van der Waals surface area contributed by atoms with Crippen molar-refractivity contribution in [2.45, 2.75) is 52.1 Å². The minimum absolute atomic E-state index is 0.154. The van der Waals surface area contributed by atoms with Crippen LogP contribution in [0.2, 0.25) is 0 Å². The van der Waals surface area contributed by atoms with Crippen LogP contribution in [0.25, 0.3) is 0 Å². The molecule has 0 amide bonds. The van der Waals surface area contributed by atoms with Crippen molar-refractivity contribution in [2.24, 2.45) is 5.41 Å². The van der Waals surface area contributed by atoms with E-state index in [4.69, 9.17) is 9.47 Å². The van der Waals surface area contributed by atoms with Crippen molar-refractivity contribution >= 4 is 0 Å². The Bertz CT molecular complexity index is 299. The van der Waals surface area contributed by atoms with E-state index in [1.807, 2.05) is 0 Å². The van der Waals surface area contributed by atoms with Gasteiger partial charge in [-0.3, -0.25) is 4.90 Å². The van der Waals surface area contributed by atoms with Gasteiger partial charge in [-0.15, -0.1) is 0 Å². The smallest absolute Gasteiger partial charge is 0.0645 e. The normalized spacial score (nSPS) is 26.9. The first-order chi connectivity index (χ1) is 9.44. The SMILES string of the molecule is CC(C)NCC1(CN2CCOCC2(C)C)CCOCC1. The molecular formula is C16H32N2O2. The summed E-state index contributed by atoms with van der Waals surface area (Å²) in [4.78, 5) is 2.63. The summed E-state index contributed by atoms with van der Waals surface area (Å²) < 4.78 is 11.3. The molecule has 2 heterocycles. The molecule has 0 aliphatic carbocycles. The molecule has 2 rings (SSSR count). The lowest BCUT2D eigenvalue weighted by Gasteiger charge is -2.49. The maximum atomic E-state index is 5.65.